The van der Waals surface area contributed by atoms with Gasteiger partial charge in [-0.05, 0) is 39.5 Å². The Kier molecular flexibility index (Phi) is 3.08. The minimum absolute atomic E-state index is 0.272. The number of nitrogens with one attached hydrogen (secondary N) is 1. The Labute approximate surface area is 110 Å². The third kappa shape index (κ3) is 2.27. The Hall–Kier alpha value is -0.990. The standard InChI is InChI=1S/C15H25N3/c1-12-11-18(13-7-3-4-8-13)14(16-12)17-15(2)9-5-6-10-15/h11,13H,3-10H2,1-2H3,(H,16,17). The van der Waals surface area contributed by atoms with Crippen LogP contribution in [0.5, 0.6) is 0 Å². The lowest BCUT2D eigenvalue weighted by Crippen LogP contribution is -2.32. The maximum Gasteiger partial charge on any atom is 0.203 e. The number of anilines is 1. The summed E-state index contributed by atoms with van der Waals surface area (Å²) in [6, 6.07) is 0.679. The van der Waals surface area contributed by atoms with Gasteiger partial charge in [-0.2, -0.15) is 0 Å². The van der Waals surface area contributed by atoms with E-state index in [9.17, 15) is 0 Å². The van der Waals surface area contributed by atoms with Crippen molar-refractivity contribution in [1.82, 2.24) is 9.55 Å². The first-order chi connectivity index (χ1) is 8.66. The fraction of sp³-hybridized carbons (Fsp3) is 0.800. The first-order valence-electron chi connectivity index (χ1n) is 7.50. The van der Waals surface area contributed by atoms with Crippen LogP contribution < -0.4 is 5.32 Å². The largest absolute Gasteiger partial charge is 0.350 e. The molecule has 0 atom stereocenters. The summed E-state index contributed by atoms with van der Waals surface area (Å²) >= 11 is 0. The van der Waals surface area contributed by atoms with E-state index in [0.29, 0.717) is 6.04 Å². The Morgan fingerprint density at radius 3 is 2.56 bits per heavy atom. The summed E-state index contributed by atoms with van der Waals surface area (Å²) in [4.78, 5) is 4.72. The molecule has 0 unspecified atom stereocenters. The quantitative estimate of drug-likeness (QED) is 0.873. The lowest BCUT2D eigenvalue weighted by atomic mass is 10.0. The molecule has 3 nitrogen and oxygen atoms in total. The molecule has 2 aliphatic carbocycles. The molecule has 1 aromatic heterocycles. The van der Waals surface area contributed by atoms with Gasteiger partial charge in [-0.3, -0.25) is 0 Å². The predicted octanol–water partition coefficient (Wildman–Crippen LogP) is 4.05. The van der Waals surface area contributed by atoms with Gasteiger partial charge < -0.3 is 9.88 Å². The van der Waals surface area contributed by atoms with Crippen LogP contribution in [0.4, 0.5) is 5.95 Å². The Morgan fingerprint density at radius 1 is 1.22 bits per heavy atom. The fourth-order valence-corrected chi connectivity index (χ4v) is 3.62. The van der Waals surface area contributed by atoms with E-state index in [4.69, 9.17) is 4.98 Å². The highest BCUT2D eigenvalue weighted by atomic mass is 15.2. The summed E-state index contributed by atoms with van der Waals surface area (Å²) < 4.78 is 2.41. The second-order valence-electron chi connectivity index (χ2n) is 6.44. The van der Waals surface area contributed by atoms with Crippen LogP contribution in [-0.4, -0.2) is 15.1 Å². The van der Waals surface area contributed by atoms with Crippen molar-refractivity contribution in [2.75, 3.05) is 5.32 Å². The molecule has 100 valence electrons. The number of aryl methyl sites for hydroxylation is 1. The first-order valence-corrected chi connectivity index (χ1v) is 7.50. The fourth-order valence-electron chi connectivity index (χ4n) is 3.62. The van der Waals surface area contributed by atoms with Crippen LogP contribution in [0.25, 0.3) is 0 Å². The number of aromatic nitrogens is 2. The lowest BCUT2D eigenvalue weighted by Gasteiger charge is -2.27. The molecule has 1 N–H and O–H groups in total. The van der Waals surface area contributed by atoms with Crippen molar-refractivity contribution in [1.29, 1.82) is 0 Å². The molecule has 0 amide bonds. The predicted molar refractivity (Wildman–Crippen MR) is 75.0 cm³/mol. The van der Waals surface area contributed by atoms with Crippen molar-refractivity contribution in [3.05, 3.63) is 11.9 Å². The zero-order valence-electron chi connectivity index (χ0n) is 11.7. The van der Waals surface area contributed by atoms with Crippen molar-refractivity contribution < 1.29 is 0 Å². The van der Waals surface area contributed by atoms with Gasteiger partial charge in [0.1, 0.15) is 0 Å². The molecule has 0 bridgehead atoms. The van der Waals surface area contributed by atoms with E-state index in [1.807, 2.05) is 0 Å². The second kappa shape index (κ2) is 4.60. The van der Waals surface area contributed by atoms with Gasteiger partial charge in [0, 0.05) is 17.8 Å². The third-order valence-corrected chi connectivity index (χ3v) is 4.69. The highest BCUT2D eigenvalue weighted by Crippen LogP contribution is 2.36. The van der Waals surface area contributed by atoms with E-state index in [2.05, 4.69) is 29.9 Å². The molecule has 18 heavy (non-hydrogen) atoms. The highest BCUT2D eigenvalue weighted by Gasteiger charge is 2.30. The molecule has 2 fully saturated rings. The molecule has 2 saturated carbocycles. The van der Waals surface area contributed by atoms with E-state index in [0.717, 1.165) is 11.6 Å². The van der Waals surface area contributed by atoms with Crippen LogP contribution in [0.1, 0.15) is 70.0 Å². The van der Waals surface area contributed by atoms with Gasteiger partial charge in [0.2, 0.25) is 5.95 Å². The highest BCUT2D eigenvalue weighted by molar-refractivity contribution is 5.34. The van der Waals surface area contributed by atoms with Crippen LogP contribution in [0.3, 0.4) is 0 Å². The van der Waals surface area contributed by atoms with Gasteiger partial charge in [-0.25, -0.2) is 4.98 Å². The van der Waals surface area contributed by atoms with Crippen LogP contribution >= 0.6 is 0 Å². The Balaban J connectivity index is 1.82. The van der Waals surface area contributed by atoms with E-state index in [1.54, 1.807) is 0 Å². The van der Waals surface area contributed by atoms with E-state index in [1.165, 1.54) is 51.4 Å². The van der Waals surface area contributed by atoms with Gasteiger partial charge in [0.05, 0.1) is 5.69 Å². The molecule has 1 heterocycles. The molecule has 1 aromatic rings. The zero-order chi connectivity index (χ0) is 12.6. The smallest absolute Gasteiger partial charge is 0.203 e. The van der Waals surface area contributed by atoms with E-state index in [-0.39, 0.29) is 5.54 Å². The third-order valence-electron chi connectivity index (χ3n) is 4.69. The van der Waals surface area contributed by atoms with Gasteiger partial charge in [-0.1, -0.05) is 25.7 Å². The Morgan fingerprint density at radius 2 is 1.89 bits per heavy atom. The monoisotopic (exact) mass is 247 g/mol. The van der Waals surface area contributed by atoms with Crippen molar-refractivity contribution in [3.63, 3.8) is 0 Å². The Bertz CT molecular complexity index is 409. The molecular formula is C15H25N3. The van der Waals surface area contributed by atoms with Crippen LogP contribution in [0, 0.1) is 6.92 Å². The normalized spacial score (nSPS) is 23.7. The van der Waals surface area contributed by atoms with Crippen molar-refractivity contribution in [3.8, 4) is 0 Å². The molecule has 2 aliphatic rings. The molecule has 3 heteroatoms. The maximum atomic E-state index is 4.72. The maximum absolute atomic E-state index is 4.72. The van der Waals surface area contributed by atoms with Crippen molar-refractivity contribution in [2.45, 2.75) is 76.8 Å². The number of hydrogen-bond acceptors (Lipinski definition) is 2. The average molecular weight is 247 g/mol. The number of nitrogens with zero attached hydrogens (tertiary/aromatic N) is 2. The van der Waals surface area contributed by atoms with Gasteiger partial charge in [0.15, 0.2) is 0 Å². The second-order valence-corrected chi connectivity index (χ2v) is 6.44. The zero-order valence-corrected chi connectivity index (χ0v) is 11.7. The average Bonchev–Trinajstić information content (AvgIpc) is 3.00. The lowest BCUT2D eigenvalue weighted by molar-refractivity contribution is 0.490. The van der Waals surface area contributed by atoms with Gasteiger partial charge in [0.25, 0.3) is 0 Å². The molecule has 0 radical (unpaired) electrons. The molecule has 0 aromatic carbocycles. The SMILES string of the molecule is Cc1cn(C2CCCC2)c(NC2(C)CCCC2)n1. The van der Waals surface area contributed by atoms with Crippen molar-refractivity contribution in [2.24, 2.45) is 0 Å². The number of hydrogen-bond donors (Lipinski definition) is 1. The summed E-state index contributed by atoms with van der Waals surface area (Å²) in [5, 5.41) is 3.74. The van der Waals surface area contributed by atoms with Crippen molar-refractivity contribution >= 4 is 5.95 Å². The number of imidazole rings is 1. The summed E-state index contributed by atoms with van der Waals surface area (Å²) in [7, 11) is 0. The van der Waals surface area contributed by atoms with Crippen LogP contribution in [-0.2, 0) is 0 Å². The minimum atomic E-state index is 0.272. The molecule has 0 spiro atoms. The molecule has 3 rings (SSSR count). The molecular weight excluding hydrogens is 222 g/mol. The summed E-state index contributed by atoms with van der Waals surface area (Å²) in [5.74, 6) is 1.11. The summed E-state index contributed by atoms with van der Waals surface area (Å²) in [6.45, 7) is 4.45. The summed E-state index contributed by atoms with van der Waals surface area (Å²) in [6.07, 6.45) is 12.9. The van der Waals surface area contributed by atoms with E-state index >= 15 is 0 Å². The van der Waals surface area contributed by atoms with E-state index < -0.39 is 0 Å². The number of rotatable bonds is 3. The topological polar surface area (TPSA) is 29.9 Å². The summed E-state index contributed by atoms with van der Waals surface area (Å²) in [5.41, 5.74) is 1.42. The molecule has 0 aliphatic heterocycles. The van der Waals surface area contributed by atoms with Gasteiger partial charge in [-0.15, -0.1) is 0 Å². The van der Waals surface area contributed by atoms with Gasteiger partial charge >= 0.3 is 0 Å². The minimum Gasteiger partial charge on any atom is -0.350 e. The van der Waals surface area contributed by atoms with Crippen LogP contribution in [0.2, 0.25) is 0 Å². The molecule has 0 saturated heterocycles. The first kappa shape index (κ1) is 12.1. The van der Waals surface area contributed by atoms with Crippen LogP contribution in [0.15, 0.2) is 6.20 Å².